The molecule has 1 aliphatic rings. The van der Waals surface area contributed by atoms with E-state index in [1.54, 1.807) is 17.9 Å². The van der Waals surface area contributed by atoms with Crippen LogP contribution in [0.3, 0.4) is 0 Å². The molecular formula is C18H21N3O3. The predicted molar refractivity (Wildman–Crippen MR) is 90.8 cm³/mol. The second kappa shape index (κ2) is 6.97. The molecule has 1 aromatic carbocycles. The minimum absolute atomic E-state index is 0.0817. The highest BCUT2D eigenvalue weighted by atomic mass is 16.5. The molecule has 0 unspecified atom stereocenters. The first-order valence-electron chi connectivity index (χ1n) is 8.10. The number of carbonyl (C=O) groups excluding carboxylic acids is 2. The molecule has 24 heavy (non-hydrogen) atoms. The summed E-state index contributed by atoms with van der Waals surface area (Å²) in [6.07, 6.45) is 0. The van der Waals surface area contributed by atoms with E-state index in [4.69, 9.17) is 4.74 Å². The van der Waals surface area contributed by atoms with E-state index in [9.17, 15) is 9.59 Å². The van der Waals surface area contributed by atoms with Crippen molar-refractivity contribution in [2.45, 2.75) is 19.9 Å². The van der Waals surface area contributed by atoms with Crippen molar-refractivity contribution in [2.24, 2.45) is 0 Å². The molecule has 0 radical (unpaired) electrons. The largest absolute Gasteiger partial charge is 0.378 e. The van der Waals surface area contributed by atoms with E-state index in [0.717, 1.165) is 16.6 Å². The molecule has 1 aromatic heterocycles. The lowest BCUT2D eigenvalue weighted by atomic mass is 10.1. The standard InChI is InChI=1S/C18H21N3O3/c1-12-11-15(14-5-3-4-6-16(14)19-12)17(22)20-13(2)18(23)21-7-9-24-10-8-21/h3-6,11,13H,7-10H2,1-2H3,(H,20,22)/t13-/m0/s1. The summed E-state index contributed by atoms with van der Waals surface area (Å²) in [6, 6.07) is 8.68. The number of nitrogens with zero attached hydrogens (tertiary/aromatic N) is 2. The number of aromatic nitrogens is 1. The van der Waals surface area contributed by atoms with Gasteiger partial charge in [0.15, 0.2) is 0 Å². The predicted octanol–water partition coefficient (Wildman–Crippen LogP) is 1.52. The summed E-state index contributed by atoms with van der Waals surface area (Å²) >= 11 is 0. The summed E-state index contributed by atoms with van der Waals surface area (Å²) in [5.41, 5.74) is 2.08. The van der Waals surface area contributed by atoms with Crippen LogP contribution in [0.2, 0.25) is 0 Å². The number of hydrogen-bond donors (Lipinski definition) is 1. The van der Waals surface area contributed by atoms with Gasteiger partial charge in [-0.3, -0.25) is 14.6 Å². The van der Waals surface area contributed by atoms with Crippen molar-refractivity contribution >= 4 is 22.7 Å². The van der Waals surface area contributed by atoms with E-state index >= 15 is 0 Å². The topological polar surface area (TPSA) is 71.5 Å². The Bertz CT molecular complexity index is 769. The molecule has 2 amide bonds. The number of carbonyl (C=O) groups is 2. The number of nitrogens with one attached hydrogen (secondary N) is 1. The highest BCUT2D eigenvalue weighted by molar-refractivity contribution is 6.07. The average Bonchev–Trinajstić information content (AvgIpc) is 2.60. The van der Waals surface area contributed by atoms with Crippen LogP contribution in [0.25, 0.3) is 10.9 Å². The number of para-hydroxylation sites is 1. The second-order valence-electron chi connectivity index (χ2n) is 5.96. The van der Waals surface area contributed by atoms with Crippen LogP contribution >= 0.6 is 0 Å². The van der Waals surface area contributed by atoms with Crippen LogP contribution < -0.4 is 5.32 Å². The van der Waals surface area contributed by atoms with Gasteiger partial charge in [0.25, 0.3) is 5.91 Å². The van der Waals surface area contributed by atoms with Crippen molar-refractivity contribution in [1.82, 2.24) is 15.2 Å². The number of rotatable bonds is 3. The maximum absolute atomic E-state index is 12.7. The summed E-state index contributed by atoms with van der Waals surface area (Å²) in [7, 11) is 0. The number of fused-ring (bicyclic) bond motifs is 1. The SMILES string of the molecule is Cc1cc(C(=O)N[C@@H](C)C(=O)N2CCOCC2)c2ccccc2n1. The second-order valence-corrected chi connectivity index (χ2v) is 5.96. The van der Waals surface area contributed by atoms with Gasteiger partial charge in [-0.1, -0.05) is 18.2 Å². The number of amides is 2. The molecule has 1 atom stereocenters. The number of pyridine rings is 1. The van der Waals surface area contributed by atoms with E-state index in [0.29, 0.717) is 31.9 Å². The van der Waals surface area contributed by atoms with E-state index in [2.05, 4.69) is 10.3 Å². The Labute approximate surface area is 140 Å². The molecule has 1 fully saturated rings. The number of hydrogen-bond acceptors (Lipinski definition) is 4. The van der Waals surface area contributed by atoms with Crippen molar-refractivity contribution in [3.05, 3.63) is 41.6 Å². The highest BCUT2D eigenvalue weighted by Gasteiger charge is 2.24. The molecule has 1 saturated heterocycles. The van der Waals surface area contributed by atoms with Crippen LogP contribution in [0.5, 0.6) is 0 Å². The van der Waals surface area contributed by atoms with Crippen LogP contribution in [0.1, 0.15) is 23.0 Å². The van der Waals surface area contributed by atoms with Crippen molar-refractivity contribution in [3.63, 3.8) is 0 Å². The summed E-state index contributed by atoms with van der Waals surface area (Å²) in [6.45, 7) is 5.78. The Morgan fingerprint density at radius 3 is 2.71 bits per heavy atom. The van der Waals surface area contributed by atoms with Crippen LogP contribution in [0.15, 0.2) is 30.3 Å². The van der Waals surface area contributed by atoms with Crippen molar-refractivity contribution in [1.29, 1.82) is 0 Å². The van der Waals surface area contributed by atoms with E-state index < -0.39 is 6.04 Å². The Morgan fingerprint density at radius 1 is 1.25 bits per heavy atom. The van der Waals surface area contributed by atoms with E-state index in [1.165, 1.54) is 0 Å². The minimum Gasteiger partial charge on any atom is -0.378 e. The molecule has 1 N–H and O–H groups in total. The zero-order valence-corrected chi connectivity index (χ0v) is 13.9. The Balaban J connectivity index is 1.78. The smallest absolute Gasteiger partial charge is 0.252 e. The Kier molecular flexibility index (Phi) is 4.76. The first-order valence-corrected chi connectivity index (χ1v) is 8.10. The third-order valence-electron chi connectivity index (χ3n) is 4.13. The molecule has 0 spiro atoms. The van der Waals surface area contributed by atoms with Crippen LogP contribution in [-0.4, -0.2) is 54.0 Å². The molecule has 2 aromatic rings. The van der Waals surface area contributed by atoms with Gasteiger partial charge in [-0.05, 0) is 26.0 Å². The Hall–Kier alpha value is -2.47. The lowest BCUT2D eigenvalue weighted by molar-refractivity contribution is -0.136. The molecule has 3 rings (SSSR count). The zero-order chi connectivity index (χ0) is 17.1. The minimum atomic E-state index is -0.581. The fraction of sp³-hybridized carbons (Fsp3) is 0.389. The fourth-order valence-electron chi connectivity index (χ4n) is 2.89. The van der Waals surface area contributed by atoms with E-state index in [-0.39, 0.29) is 11.8 Å². The Morgan fingerprint density at radius 2 is 1.96 bits per heavy atom. The van der Waals surface area contributed by atoms with Gasteiger partial charge in [-0.15, -0.1) is 0 Å². The van der Waals surface area contributed by atoms with Gasteiger partial charge in [0.1, 0.15) is 6.04 Å². The molecule has 0 saturated carbocycles. The van der Waals surface area contributed by atoms with Gasteiger partial charge in [0.2, 0.25) is 5.91 Å². The van der Waals surface area contributed by atoms with Gasteiger partial charge in [0.05, 0.1) is 24.3 Å². The third kappa shape index (κ3) is 3.38. The summed E-state index contributed by atoms with van der Waals surface area (Å²) in [5, 5.41) is 3.60. The van der Waals surface area contributed by atoms with E-state index in [1.807, 2.05) is 31.2 Å². The number of benzene rings is 1. The van der Waals surface area contributed by atoms with Gasteiger partial charge >= 0.3 is 0 Å². The monoisotopic (exact) mass is 327 g/mol. The van der Waals surface area contributed by atoms with Gasteiger partial charge in [-0.2, -0.15) is 0 Å². The summed E-state index contributed by atoms with van der Waals surface area (Å²) < 4.78 is 5.25. The van der Waals surface area contributed by atoms with Crippen LogP contribution in [0.4, 0.5) is 0 Å². The van der Waals surface area contributed by atoms with Crippen LogP contribution in [0, 0.1) is 6.92 Å². The summed E-state index contributed by atoms with van der Waals surface area (Å²) in [5.74, 6) is -0.340. The average molecular weight is 327 g/mol. The third-order valence-corrected chi connectivity index (χ3v) is 4.13. The number of ether oxygens (including phenoxy) is 1. The quantitative estimate of drug-likeness (QED) is 0.928. The van der Waals surface area contributed by atoms with Crippen molar-refractivity contribution in [2.75, 3.05) is 26.3 Å². The first kappa shape index (κ1) is 16.4. The molecule has 6 heteroatoms. The maximum atomic E-state index is 12.7. The number of morpholine rings is 1. The summed E-state index contributed by atoms with van der Waals surface area (Å²) in [4.78, 5) is 31.3. The molecule has 1 aliphatic heterocycles. The number of aryl methyl sites for hydroxylation is 1. The fourth-order valence-corrected chi connectivity index (χ4v) is 2.89. The van der Waals surface area contributed by atoms with Crippen LogP contribution in [-0.2, 0) is 9.53 Å². The highest BCUT2D eigenvalue weighted by Crippen LogP contribution is 2.18. The molecular weight excluding hydrogens is 306 g/mol. The van der Waals surface area contributed by atoms with Gasteiger partial charge in [0, 0.05) is 24.2 Å². The maximum Gasteiger partial charge on any atom is 0.252 e. The lowest BCUT2D eigenvalue weighted by Crippen LogP contribution is -2.50. The molecule has 6 nitrogen and oxygen atoms in total. The van der Waals surface area contributed by atoms with Gasteiger partial charge < -0.3 is 15.0 Å². The molecule has 0 aliphatic carbocycles. The van der Waals surface area contributed by atoms with Crippen molar-refractivity contribution in [3.8, 4) is 0 Å². The van der Waals surface area contributed by atoms with Gasteiger partial charge in [-0.25, -0.2) is 0 Å². The molecule has 2 heterocycles. The lowest BCUT2D eigenvalue weighted by Gasteiger charge is -2.29. The zero-order valence-electron chi connectivity index (χ0n) is 13.9. The normalized spacial score (nSPS) is 16.0. The molecule has 126 valence electrons. The first-order chi connectivity index (χ1) is 11.6. The van der Waals surface area contributed by atoms with Crippen molar-refractivity contribution < 1.29 is 14.3 Å². The molecule has 0 bridgehead atoms.